The van der Waals surface area contributed by atoms with Gasteiger partial charge in [-0.2, -0.15) is 0 Å². The van der Waals surface area contributed by atoms with Crippen molar-refractivity contribution in [2.75, 3.05) is 6.54 Å². The third-order valence-corrected chi connectivity index (χ3v) is 3.91. The molecule has 2 rings (SSSR count). The van der Waals surface area contributed by atoms with E-state index in [0.717, 1.165) is 30.5 Å². The Morgan fingerprint density at radius 2 is 2.00 bits per heavy atom. The zero-order valence-electron chi connectivity index (χ0n) is 12.6. The van der Waals surface area contributed by atoms with E-state index < -0.39 is 0 Å². The predicted octanol–water partition coefficient (Wildman–Crippen LogP) is 2.57. The van der Waals surface area contributed by atoms with E-state index in [4.69, 9.17) is 0 Å². The summed E-state index contributed by atoms with van der Waals surface area (Å²) >= 11 is 0. The van der Waals surface area contributed by atoms with Crippen molar-refractivity contribution >= 4 is 5.78 Å². The fourth-order valence-electron chi connectivity index (χ4n) is 2.65. The number of rotatable bonds is 4. The van der Waals surface area contributed by atoms with E-state index >= 15 is 0 Å². The Bertz CT molecular complexity index is 453. The van der Waals surface area contributed by atoms with Gasteiger partial charge in [0.25, 0.3) is 0 Å². The Balaban J connectivity index is 1.99. The van der Waals surface area contributed by atoms with Gasteiger partial charge in [-0.3, -0.25) is 4.79 Å². The minimum absolute atomic E-state index is 0.155. The van der Waals surface area contributed by atoms with Crippen LogP contribution in [-0.4, -0.2) is 29.6 Å². The van der Waals surface area contributed by atoms with E-state index in [1.54, 1.807) is 0 Å². The Kier molecular flexibility index (Phi) is 4.61. The summed E-state index contributed by atoms with van der Waals surface area (Å²) in [6.07, 6.45) is 2.48. The van der Waals surface area contributed by atoms with Gasteiger partial charge in [-0.25, -0.2) is 0 Å². The molecule has 1 aromatic rings. The Hall–Kier alpha value is -1.19. The molecule has 20 heavy (non-hydrogen) atoms. The first kappa shape index (κ1) is 15.2. The lowest BCUT2D eigenvalue weighted by molar-refractivity contribution is 0.0858. The first-order valence-corrected chi connectivity index (χ1v) is 7.43. The monoisotopic (exact) mass is 275 g/mol. The lowest BCUT2D eigenvalue weighted by Crippen LogP contribution is -2.36. The number of carbonyl (C=O) groups is 1. The summed E-state index contributed by atoms with van der Waals surface area (Å²) in [4.78, 5) is 12.1. The van der Waals surface area contributed by atoms with E-state index in [9.17, 15) is 9.90 Å². The molecule has 0 radical (unpaired) electrons. The Morgan fingerprint density at radius 3 is 2.50 bits per heavy atom. The van der Waals surface area contributed by atoms with Crippen LogP contribution < -0.4 is 5.32 Å². The molecule has 0 spiro atoms. The van der Waals surface area contributed by atoms with Crippen LogP contribution in [0.15, 0.2) is 24.3 Å². The van der Waals surface area contributed by atoms with Gasteiger partial charge in [0.15, 0.2) is 5.78 Å². The average Bonchev–Trinajstić information content (AvgIpc) is 2.91. The molecule has 1 heterocycles. The molecule has 0 aromatic heterocycles. The number of aliphatic hydroxyl groups excluding tert-OH is 1. The number of ketones is 1. The van der Waals surface area contributed by atoms with Gasteiger partial charge < -0.3 is 10.4 Å². The van der Waals surface area contributed by atoms with Crippen LogP contribution >= 0.6 is 0 Å². The minimum atomic E-state index is -0.352. The molecule has 0 bridgehead atoms. The number of benzene rings is 1. The summed E-state index contributed by atoms with van der Waals surface area (Å²) in [6, 6.07) is 7.87. The van der Waals surface area contributed by atoms with Crippen molar-refractivity contribution < 1.29 is 9.90 Å². The average molecular weight is 275 g/mol. The highest BCUT2D eigenvalue weighted by atomic mass is 16.3. The normalized spacial score (nSPS) is 20.9. The molecule has 1 fully saturated rings. The van der Waals surface area contributed by atoms with Crippen LogP contribution in [0.25, 0.3) is 0 Å². The van der Waals surface area contributed by atoms with E-state index in [1.807, 2.05) is 45.0 Å². The van der Waals surface area contributed by atoms with Crippen molar-refractivity contribution in [3.8, 4) is 0 Å². The van der Waals surface area contributed by atoms with Crippen LogP contribution in [0.4, 0.5) is 0 Å². The van der Waals surface area contributed by atoms with Crippen LogP contribution in [-0.2, 0) is 6.42 Å². The van der Waals surface area contributed by atoms with E-state index in [2.05, 4.69) is 5.32 Å². The molecule has 0 amide bonds. The number of aliphatic hydroxyl groups is 1. The van der Waals surface area contributed by atoms with Crippen LogP contribution in [0, 0.1) is 5.41 Å². The molecular formula is C17H25NO2. The molecule has 2 atom stereocenters. The lowest BCUT2D eigenvalue weighted by atomic mass is 9.86. The highest BCUT2D eigenvalue weighted by Crippen LogP contribution is 2.21. The molecule has 1 aromatic carbocycles. The van der Waals surface area contributed by atoms with Gasteiger partial charge in [-0.15, -0.1) is 0 Å². The van der Waals surface area contributed by atoms with E-state index in [-0.39, 0.29) is 23.3 Å². The van der Waals surface area contributed by atoms with Gasteiger partial charge in [-0.1, -0.05) is 45.0 Å². The number of carbonyl (C=O) groups excluding carboxylic acids is 1. The van der Waals surface area contributed by atoms with Crippen molar-refractivity contribution in [3.05, 3.63) is 35.4 Å². The number of hydrogen-bond donors (Lipinski definition) is 2. The minimum Gasteiger partial charge on any atom is -0.391 e. The fraction of sp³-hybridized carbons (Fsp3) is 0.588. The van der Waals surface area contributed by atoms with Crippen LogP contribution in [0.5, 0.6) is 0 Å². The molecule has 2 N–H and O–H groups in total. The second-order valence-corrected chi connectivity index (χ2v) is 6.75. The van der Waals surface area contributed by atoms with E-state index in [0.29, 0.717) is 6.42 Å². The molecule has 3 heteroatoms. The maximum atomic E-state index is 12.1. The summed E-state index contributed by atoms with van der Waals surface area (Å²) in [5.41, 5.74) is 1.47. The lowest BCUT2D eigenvalue weighted by Gasteiger charge is -2.19. The molecule has 3 nitrogen and oxygen atoms in total. The van der Waals surface area contributed by atoms with Crippen molar-refractivity contribution in [2.45, 2.75) is 52.2 Å². The quantitative estimate of drug-likeness (QED) is 0.830. The zero-order valence-corrected chi connectivity index (χ0v) is 12.6. The number of hydrogen-bond acceptors (Lipinski definition) is 3. The van der Waals surface area contributed by atoms with Crippen LogP contribution in [0.1, 0.15) is 49.5 Å². The maximum Gasteiger partial charge on any atom is 0.168 e. The predicted molar refractivity (Wildman–Crippen MR) is 81.0 cm³/mol. The van der Waals surface area contributed by atoms with Gasteiger partial charge in [0.05, 0.1) is 6.10 Å². The summed E-state index contributed by atoms with van der Waals surface area (Å²) in [5, 5.41) is 13.5. The molecular weight excluding hydrogens is 250 g/mol. The number of nitrogens with one attached hydrogen (secondary N) is 1. The SMILES string of the molecule is CC(C)(C)C(=O)c1ccc(C[C@@H](O)[C@@H]2CCCN2)cc1. The zero-order chi connectivity index (χ0) is 14.8. The van der Waals surface area contributed by atoms with Crippen molar-refractivity contribution in [1.29, 1.82) is 0 Å². The van der Waals surface area contributed by atoms with E-state index in [1.165, 1.54) is 0 Å². The summed E-state index contributed by atoms with van der Waals surface area (Å²) in [7, 11) is 0. The molecule has 1 saturated heterocycles. The standard InChI is InChI=1S/C17H25NO2/c1-17(2,3)16(20)13-8-6-12(7-9-13)11-15(19)14-5-4-10-18-14/h6-9,14-15,18-19H,4-5,10-11H2,1-3H3/t14-,15+/m0/s1. The first-order chi connectivity index (χ1) is 9.38. The first-order valence-electron chi connectivity index (χ1n) is 7.43. The van der Waals surface area contributed by atoms with Crippen molar-refractivity contribution in [3.63, 3.8) is 0 Å². The summed E-state index contributed by atoms with van der Waals surface area (Å²) < 4.78 is 0. The molecule has 1 aliphatic rings. The Labute approximate surface area is 121 Å². The van der Waals surface area contributed by atoms with Gasteiger partial charge >= 0.3 is 0 Å². The third kappa shape index (κ3) is 3.68. The topological polar surface area (TPSA) is 49.3 Å². The maximum absolute atomic E-state index is 12.1. The largest absolute Gasteiger partial charge is 0.391 e. The fourth-order valence-corrected chi connectivity index (χ4v) is 2.65. The summed E-state index contributed by atoms with van der Waals surface area (Å²) in [6.45, 7) is 6.79. The summed E-state index contributed by atoms with van der Waals surface area (Å²) in [5.74, 6) is 0.155. The molecule has 1 aliphatic heterocycles. The Morgan fingerprint density at radius 1 is 1.35 bits per heavy atom. The second kappa shape index (κ2) is 6.06. The van der Waals surface area contributed by atoms with Crippen molar-refractivity contribution in [2.24, 2.45) is 5.41 Å². The molecule has 0 saturated carbocycles. The highest BCUT2D eigenvalue weighted by molar-refractivity contribution is 5.99. The molecule has 0 aliphatic carbocycles. The smallest absolute Gasteiger partial charge is 0.168 e. The van der Waals surface area contributed by atoms with Crippen LogP contribution in [0.3, 0.4) is 0 Å². The number of Topliss-reactive ketones (excluding diaryl/α,β-unsaturated/α-hetero) is 1. The van der Waals surface area contributed by atoms with Gasteiger partial charge in [0, 0.05) is 17.0 Å². The van der Waals surface area contributed by atoms with Crippen molar-refractivity contribution in [1.82, 2.24) is 5.32 Å². The van der Waals surface area contributed by atoms with Gasteiger partial charge in [0.2, 0.25) is 0 Å². The van der Waals surface area contributed by atoms with Gasteiger partial charge in [0.1, 0.15) is 0 Å². The van der Waals surface area contributed by atoms with Crippen LogP contribution in [0.2, 0.25) is 0 Å². The highest BCUT2D eigenvalue weighted by Gasteiger charge is 2.24. The third-order valence-electron chi connectivity index (χ3n) is 3.91. The van der Waals surface area contributed by atoms with Gasteiger partial charge in [-0.05, 0) is 31.4 Å². The second-order valence-electron chi connectivity index (χ2n) is 6.75. The molecule has 0 unspecified atom stereocenters. The molecule has 110 valence electrons.